The molecule has 1 N–H and O–H groups in total. The number of pyridine rings is 1. The molecule has 1 amide bonds. The predicted molar refractivity (Wildman–Crippen MR) is 139 cm³/mol. The van der Waals surface area contributed by atoms with Crippen molar-refractivity contribution in [3.63, 3.8) is 0 Å². The van der Waals surface area contributed by atoms with Gasteiger partial charge in [-0.1, -0.05) is 6.42 Å². The third-order valence-corrected chi connectivity index (χ3v) is 7.70. The van der Waals surface area contributed by atoms with Gasteiger partial charge < -0.3 is 24.5 Å². The molecular formula is C27H38N6O3. The summed E-state index contributed by atoms with van der Waals surface area (Å²) in [6.07, 6.45) is 4.76. The van der Waals surface area contributed by atoms with Gasteiger partial charge in [0, 0.05) is 42.7 Å². The summed E-state index contributed by atoms with van der Waals surface area (Å²) in [5.41, 5.74) is 2.41. The lowest BCUT2D eigenvalue weighted by Gasteiger charge is -2.46. The smallest absolute Gasteiger partial charge is 0.410 e. The van der Waals surface area contributed by atoms with Crippen LogP contribution >= 0.6 is 0 Å². The number of carbonyl (C=O) groups is 1. The number of nitrogens with zero attached hydrogens (tertiary/aromatic N) is 6. The van der Waals surface area contributed by atoms with Crippen molar-refractivity contribution in [2.45, 2.75) is 90.5 Å². The number of hydrogen-bond acceptors (Lipinski definition) is 8. The van der Waals surface area contributed by atoms with Crippen LogP contribution in [0.1, 0.15) is 70.7 Å². The highest BCUT2D eigenvalue weighted by Crippen LogP contribution is 2.56. The van der Waals surface area contributed by atoms with Crippen molar-refractivity contribution in [1.29, 1.82) is 0 Å². The largest absolute Gasteiger partial charge is 0.444 e. The van der Waals surface area contributed by atoms with E-state index >= 15 is 0 Å². The number of aliphatic hydroxyl groups excluding tert-OH is 1. The van der Waals surface area contributed by atoms with Crippen LogP contribution in [-0.4, -0.2) is 68.4 Å². The highest BCUT2D eigenvalue weighted by Gasteiger charge is 2.52. The van der Waals surface area contributed by atoms with Crippen LogP contribution < -0.4 is 9.80 Å². The standard InChI is InChI=1S/C27H38N6O3/c1-17-10-20(14-34)30-21(11-17)33-15-27(8-7-9-27)22-23(28-16-29-24(22)33)31-12-19(3)32(13-18(31)2)25(35)36-26(4,5)6/h10-11,16,18-19,34H,7-9,12-15H2,1-6H3/t18-,19+/m0/s1. The Kier molecular flexibility index (Phi) is 6.09. The maximum atomic E-state index is 12.9. The summed E-state index contributed by atoms with van der Waals surface area (Å²) in [6.45, 7) is 13.9. The molecule has 1 saturated carbocycles. The van der Waals surface area contributed by atoms with E-state index in [9.17, 15) is 9.90 Å². The fourth-order valence-electron chi connectivity index (χ4n) is 5.86. The number of carbonyl (C=O) groups excluding carboxylic acids is 1. The third kappa shape index (κ3) is 4.27. The molecule has 2 aromatic heterocycles. The second-order valence-corrected chi connectivity index (χ2v) is 11.8. The van der Waals surface area contributed by atoms with Gasteiger partial charge >= 0.3 is 6.09 Å². The van der Waals surface area contributed by atoms with E-state index in [0.29, 0.717) is 18.8 Å². The molecule has 0 bridgehead atoms. The van der Waals surface area contributed by atoms with Gasteiger partial charge in [-0.15, -0.1) is 0 Å². The second-order valence-electron chi connectivity index (χ2n) is 11.8. The molecule has 2 aromatic rings. The van der Waals surface area contributed by atoms with Crippen LogP contribution in [0.25, 0.3) is 0 Å². The number of piperazine rings is 1. The molecule has 9 nitrogen and oxygen atoms in total. The monoisotopic (exact) mass is 494 g/mol. The van der Waals surface area contributed by atoms with E-state index < -0.39 is 5.60 Å². The summed E-state index contributed by atoms with van der Waals surface area (Å²) in [5.74, 6) is 2.71. The van der Waals surface area contributed by atoms with Crippen molar-refractivity contribution in [3.8, 4) is 0 Å². The minimum atomic E-state index is -0.523. The van der Waals surface area contributed by atoms with E-state index in [-0.39, 0.29) is 30.2 Å². The number of hydrogen-bond donors (Lipinski definition) is 1. The minimum Gasteiger partial charge on any atom is -0.444 e. The van der Waals surface area contributed by atoms with Crippen LogP contribution in [-0.2, 0) is 16.8 Å². The van der Waals surface area contributed by atoms with Crippen LogP contribution in [0.15, 0.2) is 18.5 Å². The Bertz CT molecular complexity index is 1160. The van der Waals surface area contributed by atoms with Crippen molar-refractivity contribution in [2.75, 3.05) is 29.4 Å². The lowest BCUT2D eigenvalue weighted by molar-refractivity contribution is 0.0129. The molecule has 0 radical (unpaired) electrons. The highest BCUT2D eigenvalue weighted by molar-refractivity contribution is 5.75. The predicted octanol–water partition coefficient (Wildman–Crippen LogP) is 4.08. The van der Waals surface area contributed by atoms with E-state index in [0.717, 1.165) is 42.4 Å². The highest BCUT2D eigenvalue weighted by atomic mass is 16.6. The summed E-state index contributed by atoms with van der Waals surface area (Å²) < 4.78 is 5.67. The van der Waals surface area contributed by atoms with Crippen molar-refractivity contribution < 1.29 is 14.6 Å². The van der Waals surface area contributed by atoms with Gasteiger partial charge in [-0.3, -0.25) is 0 Å². The van der Waals surface area contributed by atoms with Crippen molar-refractivity contribution in [2.24, 2.45) is 0 Å². The fourth-order valence-corrected chi connectivity index (χ4v) is 5.86. The lowest BCUT2D eigenvalue weighted by Crippen LogP contribution is -2.59. The number of ether oxygens (including phenoxy) is 1. The maximum absolute atomic E-state index is 12.9. The van der Waals surface area contributed by atoms with Gasteiger partial charge in [-0.2, -0.15) is 0 Å². The summed E-state index contributed by atoms with van der Waals surface area (Å²) in [5, 5.41) is 9.73. The number of rotatable bonds is 3. The Morgan fingerprint density at radius 2 is 1.86 bits per heavy atom. The van der Waals surface area contributed by atoms with E-state index in [1.165, 1.54) is 12.0 Å². The first-order chi connectivity index (χ1) is 17.0. The topological polar surface area (TPSA) is 94.9 Å². The molecule has 4 heterocycles. The summed E-state index contributed by atoms with van der Waals surface area (Å²) >= 11 is 0. The molecular weight excluding hydrogens is 456 g/mol. The van der Waals surface area contributed by atoms with Crippen LogP contribution in [0.5, 0.6) is 0 Å². The molecule has 1 saturated heterocycles. The first kappa shape index (κ1) is 24.7. The zero-order chi connectivity index (χ0) is 25.8. The van der Waals surface area contributed by atoms with E-state index in [2.05, 4.69) is 29.7 Å². The van der Waals surface area contributed by atoms with Gasteiger partial charge in [-0.05, 0) is 72.1 Å². The molecule has 1 spiro atoms. The van der Waals surface area contributed by atoms with Gasteiger partial charge in [0.2, 0.25) is 0 Å². The van der Waals surface area contributed by atoms with Gasteiger partial charge in [0.15, 0.2) is 0 Å². The second kappa shape index (κ2) is 8.87. The Morgan fingerprint density at radius 3 is 2.50 bits per heavy atom. The number of anilines is 3. The van der Waals surface area contributed by atoms with E-state index in [1.54, 1.807) is 6.33 Å². The zero-order valence-electron chi connectivity index (χ0n) is 22.3. The molecule has 5 rings (SSSR count). The quantitative estimate of drug-likeness (QED) is 0.682. The van der Waals surface area contributed by atoms with Gasteiger partial charge in [-0.25, -0.2) is 19.7 Å². The van der Waals surface area contributed by atoms with Crippen LogP contribution in [0.3, 0.4) is 0 Å². The molecule has 194 valence electrons. The molecule has 2 atom stereocenters. The van der Waals surface area contributed by atoms with Crippen molar-refractivity contribution >= 4 is 23.5 Å². The summed E-state index contributed by atoms with van der Waals surface area (Å²) in [7, 11) is 0. The van der Waals surface area contributed by atoms with Crippen LogP contribution in [0.4, 0.5) is 22.2 Å². The molecule has 2 aliphatic heterocycles. The number of fused-ring (bicyclic) bond motifs is 2. The van der Waals surface area contributed by atoms with Crippen LogP contribution in [0.2, 0.25) is 0 Å². The molecule has 3 aliphatic rings. The maximum Gasteiger partial charge on any atom is 0.410 e. The van der Waals surface area contributed by atoms with Gasteiger partial charge in [0.25, 0.3) is 0 Å². The molecule has 9 heteroatoms. The number of aryl methyl sites for hydroxylation is 1. The molecule has 0 unspecified atom stereocenters. The third-order valence-electron chi connectivity index (χ3n) is 7.70. The fraction of sp³-hybridized carbons (Fsp3) is 0.630. The molecule has 2 fully saturated rings. The average Bonchev–Trinajstić information content (AvgIpc) is 3.15. The Labute approximate surface area is 213 Å². The van der Waals surface area contributed by atoms with Crippen molar-refractivity contribution in [3.05, 3.63) is 35.3 Å². The summed E-state index contributed by atoms with van der Waals surface area (Å²) in [6, 6.07) is 4.05. The Morgan fingerprint density at radius 1 is 1.14 bits per heavy atom. The van der Waals surface area contributed by atoms with E-state index in [1.807, 2.05) is 38.7 Å². The van der Waals surface area contributed by atoms with E-state index in [4.69, 9.17) is 19.7 Å². The van der Waals surface area contributed by atoms with Crippen molar-refractivity contribution in [1.82, 2.24) is 19.9 Å². The zero-order valence-corrected chi connectivity index (χ0v) is 22.3. The molecule has 1 aliphatic carbocycles. The Balaban J connectivity index is 1.49. The molecule has 0 aromatic carbocycles. The SMILES string of the molecule is Cc1cc(CO)nc(N2CC3(CCC3)c3c2ncnc3N2C[C@@H](C)N(C(=O)OC(C)(C)C)C[C@@H]2C)c1. The Hall–Kier alpha value is -2.94. The molecule has 36 heavy (non-hydrogen) atoms. The average molecular weight is 495 g/mol. The number of amides is 1. The van der Waals surface area contributed by atoms with Gasteiger partial charge in [0.1, 0.15) is 29.4 Å². The lowest BCUT2D eigenvalue weighted by atomic mass is 9.66. The minimum absolute atomic E-state index is 0.00197. The van der Waals surface area contributed by atoms with Crippen LogP contribution in [0, 0.1) is 6.92 Å². The number of aromatic nitrogens is 3. The number of aliphatic hydroxyl groups is 1. The van der Waals surface area contributed by atoms with Gasteiger partial charge in [0.05, 0.1) is 12.3 Å². The summed E-state index contributed by atoms with van der Waals surface area (Å²) in [4.78, 5) is 33.6. The first-order valence-corrected chi connectivity index (χ1v) is 13.0. The first-order valence-electron chi connectivity index (χ1n) is 13.0. The normalized spacial score (nSPS) is 23.0.